The quantitative estimate of drug-likeness (QED) is 0.836. The minimum Gasteiger partial charge on any atom is -0.494 e. The Morgan fingerprint density at radius 3 is 2.40 bits per heavy atom. The van der Waals surface area contributed by atoms with Gasteiger partial charge in [0.2, 0.25) is 0 Å². The van der Waals surface area contributed by atoms with Crippen molar-refractivity contribution in [2.45, 2.75) is 38.1 Å². The van der Waals surface area contributed by atoms with Crippen molar-refractivity contribution in [2.24, 2.45) is 0 Å². The average Bonchev–Trinajstić information content (AvgIpc) is 2.40. The van der Waals surface area contributed by atoms with Crippen molar-refractivity contribution in [2.75, 3.05) is 6.61 Å². The summed E-state index contributed by atoms with van der Waals surface area (Å²) >= 11 is 0. The van der Waals surface area contributed by atoms with Crippen LogP contribution in [0.4, 0.5) is 0 Å². The lowest BCUT2D eigenvalue weighted by Crippen LogP contribution is -2.59. The highest BCUT2D eigenvalue weighted by molar-refractivity contribution is 5.98. The first-order chi connectivity index (χ1) is 9.57. The van der Waals surface area contributed by atoms with Crippen molar-refractivity contribution in [1.82, 2.24) is 5.32 Å². The number of benzene rings is 1. The molecule has 0 aliphatic heterocycles. The van der Waals surface area contributed by atoms with Gasteiger partial charge in [0.15, 0.2) is 0 Å². The molecule has 1 saturated carbocycles. The van der Waals surface area contributed by atoms with E-state index in [1.165, 1.54) is 0 Å². The molecule has 2 N–H and O–H groups in total. The number of carboxylic acids is 1. The van der Waals surface area contributed by atoms with Gasteiger partial charge in [-0.25, -0.2) is 4.79 Å². The number of amides is 1. The largest absolute Gasteiger partial charge is 0.494 e. The van der Waals surface area contributed by atoms with E-state index in [4.69, 9.17) is 4.74 Å². The third-order valence-electron chi connectivity index (χ3n) is 3.56. The van der Waals surface area contributed by atoms with E-state index in [0.29, 0.717) is 30.8 Å². The van der Waals surface area contributed by atoms with E-state index < -0.39 is 11.5 Å². The minimum atomic E-state index is -1.07. The molecule has 20 heavy (non-hydrogen) atoms. The molecular formula is C15H19NO4. The van der Waals surface area contributed by atoms with E-state index >= 15 is 0 Å². The number of nitrogens with one attached hydrogen (secondary N) is 1. The highest BCUT2D eigenvalue weighted by Gasteiger charge is 2.45. The van der Waals surface area contributed by atoms with Crippen LogP contribution in [0.1, 0.15) is 43.0 Å². The lowest BCUT2D eigenvalue weighted by atomic mass is 9.76. The molecule has 1 aliphatic carbocycles. The second kappa shape index (κ2) is 5.94. The Bertz CT molecular complexity index is 491. The molecule has 0 bridgehead atoms. The maximum atomic E-state index is 12.1. The number of carbonyl (C=O) groups is 2. The van der Waals surface area contributed by atoms with Gasteiger partial charge in [0, 0.05) is 5.56 Å². The van der Waals surface area contributed by atoms with Crippen molar-refractivity contribution in [1.29, 1.82) is 0 Å². The molecule has 1 amide bonds. The standard InChI is InChI=1S/C15H19NO4/c1-2-10-20-12-6-4-11(5-7-12)13(17)16-15(14(18)19)8-3-9-15/h4-7H,2-3,8-10H2,1H3,(H,16,17)(H,18,19). The molecule has 1 aromatic rings. The van der Waals surface area contributed by atoms with Crippen LogP contribution in [0.15, 0.2) is 24.3 Å². The lowest BCUT2D eigenvalue weighted by Gasteiger charge is -2.38. The van der Waals surface area contributed by atoms with E-state index in [-0.39, 0.29) is 5.91 Å². The van der Waals surface area contributed by atoms with Crippen LogP contribution in [0, 0.1) is 0 Å². The monoisotopic (exact) mass is 277 g/mol. The van der Waals surface area contributed by atoms with Crippen LogP contribution in [0.25, 0.3) is 0 Å². The van der Waals surface area contributed by atoms with Gasteiger partial charge in [-0.3, -0.25) is 4.79 Å². The maximum absolute atomic E-state index is 12.1. The Hall–Kier alpha value is -2.04. The molecule has 0 aromatic heterocycles. The number of carbonyl (C=O) groups excluding carboxylic acids is 1. The fraction of sp³-hybridized carbons (Fsp3) is 0.467. The topological polar surface area (TPSA) is 75.6 Å². The van der Waals surface area contributed by atoms with Crippen LogP contribution < -0.4 is 10.1 Å². The number of ether oxygens (including phenoxy) is 1. The smallest absolute Gasteiger partial charge is 0.329 e. The zero-order valence-corrected chi connectivity index (χ0v) is 11.5. The van der Waals surface area contributed by atoms with Gasteiger partial charge in [-0.15, -0.1) is 0 Å². The minimum absolute atomic E-state index is 0.353. The fourth-order valence-electron chi connectivity index (χ4n) is 2.13. The van der Waals surface area contributed by atoms with E-state index in [9.17, 15) is 14.7 Å². The Kier molecular flexibility index (Phi) is 4.27. The van der Waals surface area contributed by atoms with Gasteiger partial charge >= 0.3 is 5.97 Å². The summed E-state index contributed by atoms with van der Waals surface area (Å²) in [6.45, 7) is 2.65. The molecule has 1 aromatic carbocycles. The predicted octanol–water partition coefficient (Wildman–Crippen LogP) is 2.21. The second-order valence-corrected chi connectivity index (χ2v) is 5.07. The van der Waals surface area contributed by atoms with E-state index in [1.54, 1.807) is 24.3 Å². The van der Waals surface area contributed by atoms with Crippen LogP contribution in [-0.2, 0) is 4.79 Å². The van der Waals surface area contributed by atoms with Crippen LogP contribution >= 0.6 is 0 Å². The molecule has 5 nitrogen and oxygen atoms in total. The summed E-state index contributed by atoms with van der Waals surface area (Å²) in [7, 11) is 0. The van der Waals surface area contributed by atoms with Crippen molar-refractivity contribution >= 4 is 11.9 Å². The van der Waals surface area contributed by atoms with E-state index in [0.717, 1.165) is 12.8 Å². The van der Waals surface area contributed by atoms with Crippen molar-refractivity contribution in [3.8, 4) is 5.75 Å². The number of aliphatic carboxylic acids is 1. The molecule has 0 atom stereocenters. The molecule has 0 unspecified atom stereocenters. The summed E-state index contributed by atoms with van der Waals surface area (Å²) in [4.78, 5) is 23.3. The van der Waals surface area contributed by atoms with Crippen molar-refractivity contribution in [3.63, 3.8) is 0 Å². The van der Waals surface area contributed by atoms with Gasteiger partial charge in [0.05, 0.1) is 6.61 Å². The molecular weight excluding hydrogens is 258 g/mol. The van der Waals surface area contributed by atoms with Crippen molar-refractivity contribution < 1.29 is 19.4 Å². The predicted molar refractivity (Wildman–Crippen MR) is 73.9 cm³/mol. The second-order valence-electron chi connectivity index (χ2n) is 5.07. The number of hydrogen-bond donors (Lipinski definition) is 2. The summed E-state index contributed by atoms with van der Waals surface area (Å²) in [6.07, 6.45) is 2.73. The van der Waals surface area contributed by atoms with Crippen LogP contribution in [0.5, 0.6) is 5.75 Å². The van der Waals surface area contributed by atoms with Gasteiger partial charge in [0.1, 0.15) is 11.3 Å². The normalized spacial score (nSPS) is 16.1. The zero-order chi connectivity index (χ0) is 14.6. The SMILES string of the molecule is CCCOc1ccc(C(=O)NC2(C(=O)O)CCC2)cc1. The van der Waals surface area contributed by atoms with Gasteiger partial charge in [-0.2, -0.15) is 0 Å². The molecule has 5 heteroatoms. The molecule has 0 spiro atoms. The highest BCUT2D eigenvalue weighted by Crippen LogP contribution is 2.32. The molecule has 1 aliphatic rings. The molecule has 0 radical (unpaired) electrons. The Labute approximate surface area is 117 Å². The number of hydrogen-bond acceptors (Lipinski definition) is 3. The number of rotatable bonds is 6. The first kappa shape index (κ1) is 14.4. The van der Waals surface area contributed by atoms with Gasteiger partial charge < -0.3 is 15.2 Å². The van der Waals surface area contributed by atoms with E-state index in [2.05, 4.69) is 5.32 Å². The summed E-state index contributed by atoms with van der Waals surface area (Å²) in [5.74, 6) is -0.603. The number of carboxylic acid groups (broad SMARTS) is 1. The Balaban J connectivity index is 2.00. The van der Waals surface area contributed by atoms with Crippen LogP contribution in [-0.4, -0.2) is 29.1 Å². The van der Waals surface area contributed by atoms with Gasteiger partial charge in [-0.1, -0.05) is 6.92 Å². The van der Waals surface area contributed by atoms with Crippen molar-refractivity contribution in [3.05, 3.63) is 29.8 Å². The van der Waals surface area contributed by atoms with Gasteiger partial charge in [-0.05, 0) is 49.9 Å². The summed E-state index contributed by atoms with van der Waals surface area (Å²) < 4.78 is 5.44. The first-order valence-electron chi connectivity index (χ1n) is 6.86. The zero-order valence-electron chi connectivity index (χ0n) is 11.5. The highest BCUT2D eigenvalue weighted by atomic mass is 16.5. The molecule has 0 saturated heterocycles. The average molecular weight is 277 g/mol. The van der Waals surface area contributed by atoms with Crippen LogP contribution in [0.3, 0.4) is 0 Å². The Morgan fingerprint density at radius 2 is 1.95 bits per heavy atom. The molecule has 2 rings (SSSR count). The van der Waals surface area contributed by atoms with Crippen LogP contribution in [0.2, 0.25) is 0 Å². The molecule has 0 heterocycles. The molecule has 108 valence electrons. The summed E-state index contributed by atoms with van der Waals surface area (Å²) in [5, 5.41) is 11.8. The third-order valence-corrected chi connectivity index (χ3v) is 3.56. The molecule has 1 fully saturated rings. The summed E-state index contributed by atoms with van der Waals surface area (Å²) in [6, 6.07) is 6.74. The maximum Gasteiger partial charge on any atom is 0.329 e. The lowest BCUT2D eigenvalue weighted by molar-refractivity contribution is -0.148. The first-order valence-corrected chi connectivity index (χ1v) is 6.86. The Morgan fingerprint density at radius 1 is 1.30 bits per heavy atom. The summed E-state index contributed by atoms with van der Waals surface area (Å²) in [5.41, 5.74) is -0.629. The fourth-order valence-corrected chi connectivity index (χ4v) is 2.13. The third kappa shape index (κ3) is 2.92. The van der Waals surface area contributed by atoms with E-state index in [1.807, 2.05) is 6.92 Å². The van der Waals surface area contributed by atoms with Gasteiger partial charge in [0.25, 0.3) is 5.91 Å².